The molecule has 1 fully saturated rings. The molecule has 1 aromatic rings. The van der Waals surface area contributed by atoms with E-state index in [4.69, 9.17) is 0 Å². The van der Waals surface area contributed by atoms with Gasteiger partial charge in [-0.3, -0.25) is 4.90 Å². The van der Waals surface area contributed by atoms with Crippen molar-refractivity contribution in [1.82, 2.24) is 10.2 Å². The molecule has 0 aliphatic carbocycles. The van der Waals surface area contributed by atoms with Gasteiger partial charge in [-0.2, -0.15) is 11.8 Å². The van der Waals surface area contributed by atoms with Crippen LogP contribution in [0.4, 0.5) is 0 Å². The van der Waals surface area contributed by atoms with E-state index in [0.717, 1.165) is 13.1 Å². The number of thioether (sulfide) groups is 1. The van der Waals surface area contributed by atoms with Crippen molar-refractivity contribution in [3.05, 3.63) is 35.9 Å². The molecule has 2 unspecified atom stereocenters. The van der Waals surface area contributed by atoms with Crippen LogP contribution in [0, 0.1) is 0 Å². The van der Waals surface area contributed by atoms with E-state index in [1.54, 1.807) is 0 Å². The minimum absolute atomic E-state index is 0.206. The van der Waals surface area contributed by atoms with Crippen LogP contribution in [0.15, 0.2) is 30.3 Å². The zero-order valence-electron chi connectivity index (χ0n) is 12.5. The molecule has 19 heavy (non-hydrogen) atoms. The van der Waals surface area contributed by atoms with Gasteiger partial charge in [0.1, 0.15) is 0 Å². The van der Waals surface area contributed by atoms with Gasteiger partial charge in [-0.05, 0) is 32.6 Å². The number of hydrogen-bond donors (Lipinski definition) is 1. The second kappa shape index (κ2) is 6.29. The summed E-state index contributed by atoms with van der Waals surface area (Å²) in [5, 5.41) is 3.69. The fraction of sp³-hybridized carbons (Fsp3) is 0.625. The van der Waals surface area contributed by atoms with Gasteiger partial charge in [0.2, 0.25) is 0 Å². The smallest absolute Gasteiger partial charge is 0.0476 e. The Labute approximate surface area is 122 Å². The fourth-order valence-corrected chi connectivity index (χ4v) is 3.57. The topological polar surface area (TPSA) is 15.3 Å². The molecule has 0 radical (unpaired) electrons. The van der Waals surface area contributed by atoms with Crippen molar-refractivity contribution < 1.29 is 0 Å². The lowest BCUT2D eigenvalue weighted by Gasteiger charge is -2.47. The first-order chi connectivity index (χ1) is 9.03. The molecule has 1 aliphatic rings. The Bertz CT molecular complexity index is 391. The third kappa shape index (κ3) is 3.74. The van der Waals surface area contributed by atoms with Gasteiger partial charge in [0.05, 0.1) is 0 Å². The first kappa shape index (κ1) is 14.9. The quantitative estimate of drug-likeness (QED) is 0.911. The largest absolute Gasteiger partial charge is 0.309 e. The van der Waals surface area contributed by atoms with Gasteiger partial charge in [0, 0.05) is 36.5 Å². The second-order valence-electron chi connectivity index (χ2n) is 6.17. The van der Waals surface area contributed by atoms with Crippen LogP contribution in [-0.2, 0) is 0 Å². The fourth-order valence-electron chi connectivity index (χ4n) is 2.90. The van der Waals surface area contributed by atoms with Gasteiger partial charge in [0.25, 0.3) is 0 Å². The molecule has 0 amide bonds. The molecular formula is C16H26N2S. The van der Waals surface area contributed by atoms with Crippen molar-refractivity contribution in [2.75, 3.05) is 25.1 Å². The van der Waals surface area contributed by atoms with Crippen molar-refractivity contribution in [3.63, 3.8) is 0 Å². The normalized spacial score (nSPS) is 25.2. The van der Waals surface area contributed by atoms with Gasteiger partial charge in [0.15, 0.2) is 0 Å². The molecule has 0 saturated carbocycles. The van der Waals surface area contributed by atoms with Crippen molar-refractivity contribution in [3.8, 4) is 0 Å². The predicted molar refractivity (Wildman–Crippen MR) is 85.8 cm³/mol. The number of nitrogens with zero attached hydrogens (tertiary/aromatic N) is 1. The first-order valence-electron chi connectivity index (χ1n) is 7.08. The van der Waals surface area contributed by atoms with Gasteiger partial charge < -0.3 is 5.32 Å². The molecule has 1 saturated heterocycles. The first-order valence-corrected chi connectivity index (χ1v) is 8.47. The van der Waals surface area contributed by atoms with E-state index in [0.29, 0.717) is 12.1 Å². The zero-order chi connectivity index (χ0) is 13.9. The average molecular weight is 278 g/mol. The van der Waals surface area contributed by atoms with E-state index in [1.165, 1.54) is 11.3 Å². The zero-order valence-corrected chi connectivity index (χ0v) is 13.3. The summed E-state index contributed by atoms with van der Waals surface area (Å²) in [5.74, 6) is 1.19. The van der Waals surface area contributed by atoms with Crippen LogP contribution < -0.4 is 5.32 Å². The number of nitrogens with one attached hydrogen (secondary N) is 1. The SMILES string of the molecule is CSCC(C)N1CC(C)(C)NCC1c1ccccc1. The van der Waals surface area contributed by atoms with Crippen molar-refractivity contribution in [1.29, 1.82) is 0 Å². The van der Waals surface area contributed by atoms with E-state index in [-0.39, 0.29) is 5.54 Å². The molecule has 3 heteroatoms. The maximum absolute atomic E-state index is 3.69. The highest BCUT2D eigenvalue weighted by atomic mass is 32.2. The lowest BCUT2D eigenvalue weighted by atomic mass is 9.93. The Morgan fingerprint density at radius 1 is 1.37 bits per heavy atom. The van der Waals surface area contributed by atoms with Crippen LogP contribution in [0.25, 0.3) is 0 Å². The van der Waals surface area contributed by atoms with E-state index in [2.05, 4.69) is 67.6 Å². The summed E-state index contributed by atoms with van der Waals surface area (Å²) < 4.78 is 0. The van der Waals surface area contributed by atoms with Crippen LogP contribution in [0.5, 0.6) is 0 Å². The summed E-state index contributed by atoms with van der Waals surface area (Å²) in [6.45, 7) is 9.10. The van der Waals surface area contributed by atoms with Crippen LogP contribution >= 0.6 is 11.8 Å². The second-order valence-corrected chi connectivity index (χ2v) is 7.08. The molecule has 1 aromatic carbocycles. The summed E-state index contributed by atoms with van der Waals surface area (Å²) >= 11 is 1.94. The Morgan fingerprint density at radius 3 is 2.68 bits per heavy atom. The standard InChI is InChI=1S/C16H26N2S/c1-13(11-19-4)18-12-16(2,3)17-10-15(18)14-8-6-5-7-9-14/h5-9,13,15,17H,10-12H2,1-4H3. The van der Waals surface area contributed by atoms with Gasteiger partial charge >= 0.3 is 0 Å². The summed E-state index contributed by atoms with van der Waals surface area (Å²) in [6, 6.07) is 12.0. The van der Waals surface area contributed by atoms with Crippen LogP contribution in [0.2, 0.25) is 0 Å². The maximum Gasteiger partial charge on any atom is 0.0476 e. The number of piperazine rings is 1. The molecule has 1 aliphatic heterocycles. The summed E-state index contributed by atoms with van der Waals surface area (Å²) in [4.78, 5) is 2.67. The van der Waals surface area contributed by atoms with E-state index < -0.39 is 0 Å². The van der Waals surface area contributed by atoms with Gasteiger partial charge in [-0.1, -0.05) is 30.3 Å². The molecule has 1 N–H and O–H groups in total. The Kier molecular flexibility index (Phi) is 4.93. The Hall–Kier alpha value is -0.510. The van der Waals surface area contributed by atoms with Crippen molar-refractivity contribution in [2.45, 2.75) is 38.4 Å². The van der Waals surface area contributed by atoms with Gasteiger partial charge in [-0.25, -0.2) is 0 Å². The van der Waals surface area contributed by atoms with Crippen molar-refractivity contribution in [2.24, 2.45) is 0 Å². The van der Waals surface area contributed by atoms with Crippen LogP contribution in [0.3, 0.4) is 0 Å². The summed E-state index contributed by atoms with van der Waals surface area (Å²) in [6.07, 6.45) is 2.20. The predicted octanol–water partition coefficient (Wildman–Crippen LogP) is 3.16. The molecule has 2 atom stereocenters. The minimum Gasteiger partial charge on any atom is -0.309 e. The molecule has 0 bridgehead atoms. The summed E-state index contributed by atoms with van der Waals surface area (Å²) in [5.41, 5.74) is 1.64. The molecule has 1 heterocycles. The van der Waals surface area contributed by atoms with Crippen LogP contribution in [0.1, 0.15) is 32.4 Å². The van der Waals surface area contributed by atoms with E-state index in [1.807, 2.05) is 11.8 Å². The number of benzene rings is 1. The average Bonchev–Trinajstić information content (AvgIpc) is 2.39. The molecule has 106 valence electrons. The highest BCUT2D eigenvalue weighted by Gasteiger charge is 2.35. The molecule has 0 aromatic heterocycles. The Balaban J connectivity index is 2.20. The van der Waals surface area contributed by atoms with Crippen LogP contribution in [-0.4, -0.2) is 41.6 Å². The highest BCUT2D eigenvalue weighted by Crippen LogP contribution is 2.29. The lowest BCUT2D eigenvalue weighted by Crippen LogP contribution is -2.60. The third-order valence-corrected chi connectivity index (χ3v) is 4.73. The van der Waals surface area contributed by atoms with E-state index in [9.17, 15) is 0 Å². The lowest BCUT2D eigenvalue weighted by molar-refractivity contribution is 0.0683. The monoisotopic (exact) mass is 278 g/mol. The third-order valence-electron chi connectivity index (χ3n) is 3.91. The summed E-state index contributed by atoms with van der Waals surface area (Å²) in [7, 11) is 0. The molecule has 0 spiro atoms. The minimum atomic E-state index is 0.206. The highest BCUT2D eigenvalue weighted by molar-refractivity contribution is 7.98. The van der Waals surface area contributed by atoms with E-state index >= 15 is 0 Å². The molecule has 2 nitrogen and oxygen atoms in total. The molecular weight excluding hydrogens is 252 g/mol. The maximum atomic E-state index is 3.69. The number of rotatable bonds is 4. The Morgan fingerprint density at radius 2 is 2.05 bits per heavy atom. The van der Waals surface area contributed by atoms with Gasteiger partial charge in [-0.15, -0.1) is 0 Å². The van der Waals surface area contributed by atoms with Crippen molar-refractivity contribution >= 4 is 11.8 Å². The molecule has 2 rings (SSSR count). The number of hydrogen-bond acceptors (Lipinski definition) is 3.